The molecule has 2 aromatic heterocycles. The van der Waals surface area contributed by atoms with Crippen LogP contribution >= 0.6 is 0 Å². The highest BCUT2D eigenvalue weighted by molar-refractivity contribution is 5.98. The number of pyridine rings is 1. The van der Waals surface area contributed by atoms with E-state index >= 15 is 0 Å². The zero-order valence-corrected chi connectivity index (χ0v) is 35.9. The first kappa shape index (κ1) is 37.2. The van der Waals surface area contributed by atoms with E-state index in [4.69, 9.17) is 9.97 Å². The zero-order valence-electron chi connectivity index (χ0n) is 35.9. The molecule has 12 rings (SSSR count). The van der Waals surface area contributed by atoms with Gasteiger partial charge in [-0.2, -0.15) is 0 Å². The van der Waals surface area contributed by atoms with E-state index in [2.05, 4.69) is 226 Å². The molecule has 0 amide bonds. The van der Waals surface area contributed by atoms with Gasteiger partial charge in [0.15, 0.2) is 5.65 Å². The Labute approximate surface area is 369 Å². The zero-order chi connectivity index (χ0) is 42.5. The van der Waals surface area contributed by atoms with Crippen LogP contribution in [0.3, 0.4) is 0 Å². The first-order chi connectivity index (χ1) is 30.8. The molecule has 0 bridgehead atoms. The fourth-order valence-electron chi connectivity index (χ4n) is 10.7. The molecule has 2 heterocycles. The van der Waals surface area contributed by atoms with E-state index < -0.39 is 0 Å². The van der Waals surface area contributed by atoms with Crippen molar-refractivity contribution in [2.24, 2.45) is 0 Å². The van der Waals surface area contributed by atoms with Gasteiger partial charge in [-0.05, 0) is 132 Å². The fraction of sp³-hybridized carbons (Fsp3) is 0.100. The largest absolute Gasteiger partial charge is 0.277 e. The number of para-hydroxylation sites is 1. The summed E-state index contributed by atoms with van der Waals surface area (Å²) < 4.78 is 2.25. The predicted octanol–water partition coefficient (Wildman–Crippen LogP) is 15.4. The van der Waals surface area contributed by atoms with Crippen molar-refractivity contribution in [1.82, 2.24) is 14.5 Å². The number of hydrogen-bond donors (Lipinski definition) is 0. The average Bonchev–Trinajstić information content (AvgIpc) is 3.92. The summed E-state index contributed by atoms with van der Waals surface area (Å²) in [5.41, 5.74) is 23.4. The van der Waals surface area contributed by atoms with Crippen molar-refractivity contribution in [3.05, 3.63) is 223 Å². The van der Waals surface area contributed by atoms with E-state index in [0.29, 0.717) is 0 Å². The van der Waals surface area contributed by atoms with Gasteiger partial charge in [0.25, 0.3) is 0 Å². The standard InChI is InChI=1S/C60H45N3/c1-59(2)52-25-15-13-23-47(52)50-36-39(27-29-54(50)59)41-33-42(40-28-30-55-51(37-40)48-24-14-16-26-53(48)60(55,3)4)35-43(34-41)57-62-56-49(31-32-61-58(56)63(57)44-19-9-6-10-20-44)46-22-12-11-21-45(46)38-17-7-5-8-18-38/h5-37H,1-4H3. The van der Waals surface area contributed by atoms with Crippen molar-refractivity contribution in [2.75, 3.05) is 0 Å². The molecule has 0 radical (unpaired) electrons. The fourth-order valence-corrected chi connectivity index (χ4v) is 10.7. The summed E-state index contributed by atoms with van der Waals surface area (Å²) in [5, 5.41) is 0. The van der Waals surface area contributed by atoms with Gasteiger partial charge in [-0.3, -0.25) is 4.57 Å². The lowest BCUT2D eigenvalue weighted by Crippen LogP contribution is -2.14. The van der Waals surface area contributed by atoms with Crippen molar-refractivity contribution in [2.45, 2.75) is 38.5 Å². The Morgan fingerprint density at radius 2 is 0.825 bits per heavy atom. The van der Waals surface area contributed by atoms with E-state index in [9.17, 15) is 0 Å². The van der Waals surface area contributed by atoms with Crippen LogP contribution < -0.4 is 0 Å². The Morgan fingerprint density at radius 3 is 1.41 bits per heavy atom. The summed E-state index contributed by atoms with van der Waals surface area (Å²) in [5.74, 6) is 0.844. The van der Waals surface area contributed by atoms with E-state index in [1.807, 2.05) is 6.20 Å². The topological polar surface area (TPSA) is 30.7 Å². The number of fused-ring (bicyclic) bond motifs is 7. The maximum Gasteiger partial charge on any atom is 0.165 e. The third kappa shape index (κ3) is 5.73. The minimum Gasteiger partial charge on any atom is -0.277 e. The normalized spacial score (nSPS) is 14.0. The maximum atomic E-state index is 5.65. The van der Waals surface area contributed by atoms with Gasteiger partial charge in [-0.25, -0.2) is 9.97 Å². The summed E-state index contributed by atoms with van der Waals surface area (Å²) in [6, 6.07) is 70.9. The minimum atomic E-state index is -0.0731. The molecule has 0 atom stereocenters. The van der Waals surface area contributed by atoms with Crippen LogP contribution in [0.2, 0.25) is 0 Å². The molecule has 0 spiro atoms. The smallest absolute Gasteiger partial charge is 0.165 e. The van der Waals surface area contributed by atoms with Gasteiger partial charge in [0.05, 0.1) is 0 Å². The van der Waals surface area contributed by atoms with Crippen molar-refractivity contribution in [3.63, 3.8) is 0 Å². The van der Waals surface area contributed by atoms with Crippen LogP contribution in [-0.2, 0) is 10.8 Å². The molecule has 2 aliphatic carbocycles. The number of aromatic nitrogens is 3. The van der Waals surface area contributed by atoms with Crippen molar-refractivity contribution >= 4 is 11.2 Å². The Kier molecular flexibility index (Phi) is 8.23. The van der Waals surface area contributed by atoms with Crippen LogP contribution in [0.4, 0.5) is 0 Å². The van der Waals surface area contributed by atoms with Crippen LogP contribution in [0.5, 0.6) is 0 Å². The minimum absolute atomic E-state index is 0.0731. The van der Waals surface area contributed by atoms with Gasteiger partial charge in [0, 0.05) is 33.8 Å². The van der Waals surface area contributed by atoms with Crippen LogP contribution in [0.25, 0.3) is 95.0 Å². The number of imidazole rings is 1. The SMILES string of the molecule is CC1(C)c2ccccc2-c2cc(-c3cc(-c4ccc5c(c4)-c4ccccc4C5(C)C)cc(-c4nc5c(-c6ccccc6-c6ccccc6)ccnc5n4-c4ccccc4)c3)ccc21. The van der Waals surface area contributed by atoms with E-state index in [1.54, 1.807) is 0 Å². The number of rotatable bonds is 6. The number of nitrogens with zero attached hydrogens (tertiary/aromatic N) is 3. The van der Waals surface area contributed by atoms with Crippen LogP contribution in [0.15, 0.2) is 200 Å². The Morgan fingerprint density at radius 1 is 0.349 bits per heavy atom. The second-order valence-corrected chi connectivity index (χ2v) is 18.2. The molecule has 2 aliphatic rings. The van der Waals surface area contributed by atoms with Crippen LogP contribution in [0.1, 0.15) is 49.9 Å². The lowest BCUT2D eigenvalue weighted by atomic mass is 9.82. The molecule has 0 unspecified atom stereocenters. The second-order valence-electron chi connectivity index (χ2n) is 18.2. The summed E-state index contributed by atoms with van der Waals surface area (Å²) in [6.07, 6.45) is 1.93. The van der Waals surface area contributed by atoms with E-state index in [0.717, 1.165) is 56.1 Å². The molecule has 10 aromatic rings. The van der Waals surface area contributed by atoms with Crippen LogP contribution in [0, 0.1) is 0 Å². The van der Waals surface area contributed by atoms with Crippen molar-refractivity contribution in [3.8, 4) is 83.8 Å². The highest BCUT2D eigenvalue weighted by Crippen LogP contribution is 2.52. The van der Waals surface area contributed by atoms with Gasteiger partial charge >= 0.3 is 0 Å². The molecule has 0 aliphatic heterocycles. The first-order valence-corrected chi connectivity index (χ1v) is 22.0. The monoisotopic (exact) mass is 807 g/mol. The van der Waals surface area contributed by atoms with E-state index in [-0.39, 0.29) is 10.8 Å². The molecule has 63 heavy (non-hydrogen) atoms. The molecule has 0 fully saturated rings. The Bertz CT molecular complexity index is 3320. The second kappa shape index (κ2) is 14.0. The number of benzene rings is 8. The highest BCUT2D eigenvalue weighted by atomic mass is 15.1. The third-order valence-electron chi connectivity index (χ3n) is 13.9. The predicted molar refractivity (Wildman–Crippen MR) is 261 cm³/mol. The van der Waals surface area contributed by atoms with Gasteiger partial charge in [0.2, 0.25) is 0 Å². The van der Waals surface area contributed by atoms with Gasteiger partial charge in [0.1, 0.15) is 11.3 Å². The molecule has 0 N–H and O–H groups in total. The molecule has 3 nitrogen and oxygen atoms in total. The summed E-state index contributed by atoms with van der Waals surface area (Å²) >= 11 is 0. The number of hydrogen-bond acceptors (Lipinski definition) is 2. The molecular formula is C60H45N3. The molecule has 8 aromatic carbocycles. The molecule has 0 saturated heterocycles. The van der Waals surface area contributed by atoms with Crippen molar-refractivity contribution in [1.29, 1.82) is 0 Å². The molecular weight excluding hydrogens is 763 g/mol. The van der Waals surface area contributed by atoms with Gasteiger partial charge in [-0.15, -0.1) is 0 Å². The Hall–Kier alpha value is -7.62. The highest BCUT2D eigenvalue weighted by Gasteiger charge is 2.36. The molecule has 300 valence electrons. The van der Waals surface area contributed by atoms with Gasteiger partial charge in [-0.1, -0.05) is 173 Å². The summed E-state index contributed by atoms with van der Waals surface area (Å²) in [6.45, 7) is 9.38. The molecule has 0 saturated carbocycles. The van der Waals surface area contributed by atoms with E-state index in [1.165, 1.54) is 61.2 Å². The maximum absolute atomic E-state index is 5.65. The van der Waals surface area contributed by atoms with Crippen molar-refractivity contribution < 1.29 is 0 Å². The lowest BCUT2D eigenvalue weighted by molar-refractivity contribution is 0.660. The van der Waals surface area contributed by atoms with Crippen LogP contribution in [-0.4, -0.2) is 14.5 Å². The summed E-state index contributed by atoms with van der Waals surface area (Å²) in [7, 11) is 0. The average molecular weight is 808 g/mol. The first-order valence-electron chi connectivity index (χ1n) is 22.0. The third-order valence-corrected chi connectivity index (χ3v) is 13.9. The Balaban J connectivity index is 1.11. The quantitative estimate of drug-likeness (QED) is 0.168. The molecule has 3 heteroatoms. The van der Waals surface area contributed by atoms with Gasteiger partial charge < -0.3 is 0 Å². The lowest BCUT2D eigenvalue weighted by Gasteiger charge is -2.21. The summed E-state index contributed by atoms with van der Waals surface area (Å²) in [4.78, 5) is 10.8.